The second-order valence-corrected chi connectivity index (χ2v) is 6.64. The van der Waals surface area contributed by atoms with E-state index in [2.05, 4.69) is 16.0 Å². The maximum Gasteiger partial charge on any atom is 0.356 e. The number of aromatic nitrogens is 3. The Morgan fingerprint density at radius 1 is 1.17 bits per heavy atom. The quantitative estimate of drug-likeness (QED) is 0.489. The summed E-state index contributed by atoms with van der Waals surface area (Å²) in [6, 6.07) is 16.9. The van der Waals surface area contributed by atoms with Gasteiger partial charge in [0.1, 0.15) is 0 Å². The Hall–Kier alpha value is -4.44. The Morgan fingerprint density at radius 2 is 1.97 bits per heavy atom. The van der Waals surface area contributed by atoms with E-state index in [1.165, 1.54) is 10.6 Å². The van der Waals surface area contributed by atoms with Gasteiger partial charge in [-0.05, 0) is 29.2 Å². The molecule has 0 spiro atoms. The van der Waals surface area contributed by atoms with Crippen molar-refractivity contribution in [2.75, 3.05) is 0 Å². The molecule has 2 aromatic heterocycles. The van der Waals surface area contributed by atoms with Gasteiger partial charge in [-0.1, -0.05) is 36.4 Å². The molecule has 2 N–H and O–H groups in total. The largest absolute Gasteiger partial charge is 0.476 e. The smallest absolute Gasteiger partial charge is 0.356 e. The second kappa shape index (κ2) is 6.04. The third kappa shape index (κ3) is 2.47. The van der Waals surface area contributed by atoms with Gasteiger partial charge in [-0.3, -0.25) is 9.20 Å². The SMILES string of the molecule is N#Cc1cccc(/C=c2\c3ccccc3c3[nH]c(=O)c4nc(C(=O)O)cn4c23)c1. The third-order valence-electron chi connectivity index (χ3n) is 4.91. The Kier molecular flexibility index (Phi) is 3.48. The number of hydrogen-bond acceptors (Lipinski definition) is 4. The zero-order valence-electron chi connectivity index (χ0n) is 14.9. The molecule has 0 fully saturated rings. The van der Waals surface area contributed by atoms with Crippen LogP contribution in [0.5, 0.6) is 0 Å². The molecule has 0 atom stereocenters. The lowest BCUT2D eigenvalue weighted by atomic mass is 10.1. The van der Waals surface area contributed by atoms with Crippen molar-refractivity contribution in [3.63, 3.8) is 0 Å². The minimum atomic E-state index is -1.20. The average molecular weight is 380 g/mol. The molecule has 29 heavy (non-hydrogen) atoms. The lowest BCUT2D eigenvalue weighted by molar-refractivity contribution is 0.0691. The molecule has 0 bridgehead atoms. The number of nitrogens with zero attached hydrogens (tertiary/aromatic N) is 3. The lowest BCUT2D eigenvalue weighted by Crippen LogP contribution is -2.13. The van der Waals surface area contributed by atoms with E-state index >= 15 is 0 Å². The predicted octanol–water partition coefficient (Wildman–Crippen LogP) is 2.45. The highest BCUT2D eigenvalue weighted by atomic mass is 16.4. The summed E-state index contributed by atoms with van der Waals surface area (Å²) >= 11 is 0. The highest BCUT2D eigenvalue weighted by Gasteiger charge is 2.17. The van der Waals surface area contributed by atoms with Gasteiger partial charge in [0.25, 0.3) is 5.56 Å². The van der Waals surface area contributed by atoms with Gasteiger partial charge < -0.3 is 10.1 Å². The summed E-state index contributed by atoms with van der Waals surface area (Å²) < 4.78 is 1.53. The van der Waals surface area contributed by atoms with Crippen molar-refractivity contribution >= 4 is 39.5 Å². The van der Waals surface area contributed by atoms with Gasteiger partial charge in [0, 0.05) is 16.8 Å². The summed E-state index contributed by atoms with van der Waals surface area (Å²) in [4.78, 5) is 30.8. The predicted molar refractivity (Wildman–Crippen MR) is 108 cm³/mol. The van der Waals surface area contributed by atoms with Gasteiger partial charge in [0.05, 0.1) is 22.7 Å². The molecule has 5 aromatic rings. The van der Waals surface area contributed by atoms with Crippen LogP contribution < -0.4 is 10.8 Å². The van der Waals surface area contributed by atoms with E-state index in [1.54, 1.807) is 18.2 Å². The van der Waals surface area contributed by atoms with Crippen LogP contribution >= 0.6 is 0 Å². The van der Waals surface area contributed by atoms with E-state index in [0.29, 0.717) is 16.6 Å². The number of nitrogens with one attached hydrogen (secondary N) is 1. The van der Waals surface area contributed by atoms with Crippen molar-refractivity contribution in [2.45, 2.75) is 0 Å². The minimum Gasteiger partial charge on any atom is -0.476 e. The normalized spacial score (nSPS) is 12.0. The summed E-state index contributed by atoms with van der Waals surface area (Å²) in [7, 11) is 0. The Morgan fingerprint density at radius 3 is 2.72 bits per heavy atom. The standard InChI is InChI=1S/C22H12N4O3/c23-10-13-5-3-4-12(8-13)9-16-14-6-1-2-7-15(14)18-19(16)26-11-17(22(28)29)24-20(26)21(27)25-18/h1-9,11H,(H,25,27)(H,28,29)/b16-9+. The van der Waals surface area contributed by atoms with Crippen LogP contribution in [0.3, 0.4) is 0 Å². The molecular formula is C22H12N4O3. The number of aromatic carboxylic acids is 1. The molecule has 7 nitrogen and oxygen atoms in total. The van der Waals surface area contributed by atoms with Crippen LogP contribution in [-0.2, 0) is 0 Å². The number of benzene rings is 2. The average Bonchev–Trinajstić information content (AvgIpc) is 3.30. The molecule has 0 saturated carbocycles. The van der Waals surface area contributed by atoms with Crippen molar-refractivity contribution in [2.24, 2.45) is 0 Å². The van der Waals surface area contributed by atoms with Crippen molar-refractivity contribution in [3.05, 3.63) is 87.1 Å². The number of carboxylic acid groups (broad SMARTS) is 1. The van der Waals surface area contributed by atoms with E-state index in [0.717, 1.165) is 21.6 Å². The maximum atomic E-state index is 12.5. The van der Waals surface area contributed by atoms with Gasteiger partial charge in [-0.15, -0.1) is 0 Å². The van der Waals surface area contributed by atoms with Crippen LogP contribution in [0.1, 0.15) is 21.6 Å². The fourth-order valence-electron chi connectivity index (χ4n) is 3.70. The summed E-state index contributed by atoms with van der Waals surface area (Å²) in [6.45, 7) is 0. The van der Waals surface area contributed by atoms with E-state index in [1.807, 2.05) is 36.4 Å². The fourth-order valence-corrected chi connectivity index (χ4v) is 3.70. The topological polar surface area (TPSA) is 111 Å². The monoisotopic (exact) mass is 380 g/mol. The number of fused-ring (bicyclic) bond motifs is 5. The van der Waals surface area contributed by atoms with Gasteiger partial charge in [-0.25, -0.2) is 9.78 Å². The maximum absolute atomic E-state index is 12.5. The van der Waals surface area contributed by atoms with Gasteiger partial charge >= 0.3 is 5.97 Å². The number of rotatable bonds is 2. The first-order valence-electron chi connectivity index (χ1n) is 8.77. The molecule has 0 radical (unpaired) electrons. The molecule has 0 aliphatic heterocycles. The molecule has 7 heteroatoms. The summed E-state index contributed by atoms with van der Waals surface area (Å²) in [5, 5.41) is 21.1. The molecule has 0 saturated heterocycles. The van der Waals surface area contributed by atoms with Crippen LogP contribution in [0.4, 0.5) is 0 Å². The summed E-state index contributed by atoms with van der Waals surface area (Å²) in [6.07, 6.45) is 3.28. The van der Waals surface area contributed by atoms with Crippen LogP contribution in [-0.4, -0.2) is 25.4 Å². The zero-order chi connectivity index (χ0) is 20.1. The van der Waals surface area contributed by atoms with Gasteiger partial charge in [-0.2, -0.15) is 5.26 Å². The number of carbonyl (C=O) groups is 1. The fraction of sp³-hybridized carbons (Fsp3) is 0. The number of hydrogen-bond donors (Lipinski definition) is 2. The van der Waals surface area contributed by atoms with E-state index in [9.17, 15) is 20.0 Å². The Labute approximate surface area is 162 Å². The number of imidazole rings is 1. The molecule has 2 heterocycles. The molecule has 0 aliphatic rings. The van der Waals surface area contributed by atoms with Crippen molar-refractivity contribution in [1.82, 2.24) is 14.4 Å². The van der Waals surface area contributed by atoms with E-state index in [-0.39, 0.29) is 11.3 Å². The number of carboxylic acids is 1. The van der Waals surface area contributed by atoms with Crippen molar-refractivity contribution < 1.29 is 9.90 Å². The lowest BCUT2D eigenvalue weighted by Gasteiger charge is -1.98. The molecule has 3 aromatic carbocycles. The number of nitriles is 1. The first kappa shape index (κ1) is 16.7. The summed E-state index contributed by atoms with van der Waals surface area (Å²) in [5.74, 6) is -1.20. The molecule has 0 amide bonds. The van der Waals surface area contributed by atoms with E-state index < -0.39 is 11.5 Å². The molecule has 0 aliphatic carbocycles. The molecule has 0 unspecified atom stereocenters. The molecule has 138 valence electrons. The number of aromatic amines is 1. The Balaban J connectivity index is 2.02. The van der Waals surface area contributed by atoms with Crippen LogP contribution in [0.25, 0.3) is 33.5 Å². The first-order valence-corrected chi connectivity index (χ1v) is 8.77. The Bertz CT molecular complexity index is 1620. The van der Waals surface area contributed by atoms with Crippen molar-refractivity contribution in [3.8, 4) is 6.07 Å². The van der Waals surface area contributed by atoms with Crippen LogP contribution in [0.15, 0.2) is 59.5 Å². The van der Waals surface area contributed by atoms with Crippen LogP contribution in [0.2, 0.25) is 0 Å². The summed E-state index contributed by atoms with van der Waals surface area (Å²) in [5.41, 5.74) is 1.97. The van der Waals surface area contributed by atoms with Crippen molar-refractivity contribution in [1.29, 1.82) is 5.26 Å². The molecule has 5 rings (SSSR count). The highest BCUT2D eigenvalue weighted by Crippen LogP contribution is 2.23. The van der Waals surface area contributed by atoms with Gasteiger partial charge in [0.2, 0.25) is 5.65 Å². The van der Waals surface area contributed by atoms with E-state index in [4.69, 9.17) is 0 Å². The van der Waals surface area contributed by atoms with Gasteiger partial charge in [0.15, 0.2) is 5.69 Å². The second-order valence-electron chi connectivity index (χ2n) is 6.64. The van der Waals surface area contributed by atoms with Crippen LogP contribution in [0, 0.1) is 11.3 Å². The molecular weight excluding hydrogens is 368 g/mol. The highest BCUT2D eigenvalue weighted by molar-refractivity contribution is 6.10. The minimum absolute atomic E-state index is 0.0191. The third-order valence-corrected chi connectivity index (χ3v) is 4.91. The number of H-pyrrole nitrogens is 1. The first-order chi connectivity index (χ1) is 14.1. The zero-order valence-corrected chi connectivity index (χ0v) is 14.9.